The Kier molecular flexibility index (Phi) is 3.55. The highest BCUT2D eigenvalue weighted by Crippen LogP contribution is 2.41. The van der Waals surface area contributed by atoms with Gasteiger partial charge in [-0.05, 0) is 32.9 Å². The molecule has 1 aromatic heterocycles. The molecule has 0 aliphatic heterocycles. The summed E-state index contributed by atoms with van der Waals surface area (Å²) in [6.45, 7) is 5.13. The van der Waals surface area contributed by atoms with Gasteiger partial charge in [0.2, 0.25) is 0 Å². The summed E-state index contributed by atoms with van der Waals surface area (Å²) in [5.74, 6) is 0. The van der Waals surface area contributed by atoms with E-state index < -0.39 is 0 Å². The van der Waals surface area contributed by atoms with Crippen LogP contribution in [-0.4, -0.2) is 20.6 Å². The lowest BCUT2D eigenvalue weighted by Gasteiger charge is -2.30. The topological polar surface area (TPSA) is 43.8 Å². The molecular weight excluding hydrogens is 230 g/mol. The van der Waals surface area contributed by atoms with Gasteiger partial charge in [-0.2, -0.15) is 11.8 Å². The second kappa shape index (κ2) is 4.65. The Morgan fingerprint density at radius 1 is 1.47 bits per heavy atom. The van der Waals surface area contributed by atoms with Crippen LogP contribution in [0, 0.1) is 0 Å². The smallest absolute Gasteiger partial charge is 0.0949 e. The van der Waals surface area contributed by atoms with Gasteiger partial charge >= 0.3 is 0 Å². The van der Waals surface area contributed by atoms with E-state index in [4.69, 9.17) is 5.73 Å². The number of imidazole rings is 1. The van der Waals surface area contributed by atoms with Crippen LogP contribution >= 0.6 is 11.8 Å². The van der Waals surface area contributed by atoms with Gasteiger partial charge in [0.1, 0.15) is 0 Å². The minimum Gasteiger partial charge on any atom is -0.332 e. The zero-order valence-corrected chi connectivity index (χ0v) is 11.9. The Labute approximate surface area is 108 Å². The predicted molar refractivity (Wildman–Crippen MR) is 74.2 cm³/mol. The highest BCUT2D eigenvalue weighted by molar-refractivity contribution is 8.00. The number of rotatable bonds is 4. The summed E-state index contributed by atoms with van der Waals surface area (Å²) < 4.78 is 2.66. The maximum atomic E-state index is 6.19. The molecule has 1 aromatic rings. The van der Waals surface area contributed by atoms with E-state index in [1.807, 2.05) is 38.1 Å². The van der Waals surface area contributed by atoms with E-state index in [0.29, 0.717) is 4.75 Å². The van der Waals surface area contributed by atoms with Crippen molar-refractivity contribution in [3.05, 3.63) is 18.2 Å². The lowest BCUT2D eigenvalue weighted by Crippen LogP contribution is -2.35. The van der Waals surface area contributed by atoms with Crippen molar-refractivity contribution in [3.63, 3.8) is 0 Å². The fourth-order valence-electron chi connectivity index (χ4n) is 2.74. The van der Waals surface area contributed by atoms with Crippen LogP contribution in [0.5, 0.6) is 0 Å². The van der Waals surface area contributed by atoms with Gasteiger partial charge in [-0.25, -0.2) is 4.98 Å². The molecule has 0 bridgehead atoms. The molecule has 0 spiro atoms. The molecule has 0 atom stereocenters. The number of aromatic nitrogens is 2. The molecule has 1 aliphatic carbocycles. The molecule has 1 saturated carbocycles. The standard InChI is InChI=1S/C13H23N3S/c1-12(2,14)11-8-15-10-16(11)9-13(17-3)6-4-5-7-13/h8,10H,4-7,9,14H2,1-3H3. The normalized spacial score (nSPS) is 19.8. The molecule has 1 aliphatic rings. The third-order valence-corrected chi connectivity index (χ3v) is 5.18. The largest absolute Gasteiger partial charge is 0.332 e. The Balaban J connectivity index is 2.21. The SMILES string of the molecule is CSC1(Cn2cncc2C(C)(C)N)CCCC1. The van der Waals surface area contributed by atoms with Gasteiger partial charge in [0.25, 0.3) is 0 Å². The van der Waals surface area contributed by atoms with Crippen molar-refractivity contribution in [2.45, 2.75) is 56.4 Å². The summed E-state index contributed by atoms with van der Waals surface area (Å²) in [7, 11) is 0. The summed E-state index contributed by atoms with van der Waals surface area (Å²) in [5, 5.41) is 0. The second-order valence-corrected chi connectivity index (χ2v) is 7.00. The third kappa shape index (κ3) is 2.68. The molecule has 0 saturated heterocycles. The van der Waals surface area contributed by atoms with E-state index in [-0.39, 0.29) is 5.54 Å². The average Bonchev–Trinajstić information content (AvgIpc) is 2.87. The van der Waals surface area contributed by atoms with Crippen LogP contribution in [0.15, 0.2) is 12.5 Å². The van der Waals surface area contributed by atoms with Gasteiger partial charge in [0.05, 0.1) is 17.6 Å². The molecule has 3 nitrogen and oxygen atoms in total. The van der Waals surface area contributed by atoms with Crippen molar-refractivity contribution in [1.82, 2.24) is 9.55 Å². The van der Waals surface area contributed by atoms with Crippen LogP contribution in [0.1, 0.15) is 45.2 Å². The van der Waals surface area contributed by atoms with Gasteiger partial charge in [-0.3, -0.25) is 0 Å². The molecule has 0 aromatic carbocycles. The monoisotopic (exact) mass is 253 g/mol. The van der Waals surface area contributed by atoms with Crippen molar-refractivity contribution >= 4 is 11.8 Å². The van der Waals surface area contributed by atoms with Gasteiger partial charge in [0, 0.05) is 17.5 Å². The molecule has 2 N–H and O–H groups in total. The number of hydrogen-bond acceptors (Lipinski definition) is 3. The maximum Gasteiger partial charge on any atom is 0.0949 e. The van der Waals surface area contributed by atoms with Crippen molar-refractivity contribution in [2.75, 3.05) is 6.26 Å². The molecule has 96 valence electrons. The molecule has 4 heteroatoms. The first-order valence-corrected chi connectivity index (χ1v) is 7.54. The van der Waals surface area contributed by atoms with E-state index in [9.17, 15) is 0 Å². The van der Waals surface area contributed by atoms with Crippen LogP contribution in [0.25, 0.3) is 0 Å². The van der Waals surface area contributed by atoms with Gasteiger partial charge in [-0.15, -0.1) is 0 Å². The zero-order valence-electron chi connectivity index (χ0n) is 11.1. The third-order valence-electron chi connectivity index (χ3n) is 3.78. The van der Waals surface area contributed by atoms with Crippen molar-refractivity contribution in [3.8, 4) is 0 Å². The molecule has 1 heterocycles. The number of thioether (sulfide) groups is 1. The first-order chi connectivity index (χ1) is 7.97. The predicted octanol–water partition coefficient (Wildman–Crippen LogP) is 2.75. The number of nitrogens with two attached hydrogens (primary N) is 1. The summed E-state index contributed by atoms with van der Waals surface area (Å²) >= 11 is 2.01. The Hall–Kier alpha value is -0.480. The molecular formula is C13H23N3S. The molecule has 0 unspecified atom stereocenters. The fourth-order valence-corrected chi connectivity index (χ4v) is 3.70. The Morgan fingerprint density at radius 2 is 2.12 bits per heavy atom. The van der Waals surface area contributed by atoms with Crippen molar-refractivity contribution in [1.29, 1.82) is 0 Å². The summed E-state index contributed by atoms with van der Waals surface area (Å²) in [6.07, 6.45) is 11.4. The Morgan fingerprint density at radius 3 is 2.65 bits per heavy atom. The van der Waals surface area contributed by atoms with Gasteiger partial charge in [-0.1, -0.05) is 12.8 Å². The van der Waals surface area contributed by atoms with Crippen molar-refractivity contribution in [2.24, 2.45) is 5.73 Å². The minimum absolute atomic E-state index is 0.311. The highest BCUT2D eigenvalue weighted by atomic mass is 32.2. The second-order valence-electron chi connectivity index (χ2n) is 5.72. The van der Waals surface area contributed by atoms with Crippen LogP contribution in [0.4, 0.5) is 0 Å². The quantitative estimate of drug-likeness (QED) is 0.897. The average molecular weight is 253 g/mol. The van der Waals surface area contributed by atoms with E-state index in [2.05, 4.69) is 15.8 Å². The molecule has 0 amide bonds. The lowest BCUT2D eigenvalue weighted by molar-refractivity contribution is 0.444. The number of hydrogen-bond donors (Lipinski definition) is 1. The first kappa shape index (κ1) is 13.0. The maximum absolute atomic E-state index is 6.19. The van der Waals surface area contributed by atoms with Gasteiger partial charge in [0.15, 0.2) is 0 Å². The minimum atomic E-state index is -0.311. The van der Waals surface area contributed by atoms with E-state index >= 15 is 0 Å². The van der Waals surface area contributed by atoms with Gasteiger partial charge < -0.3 is 10.3 Å². The fraction of sp³-hybridized carbons (Fsp3) is 0.769. The molecule has 0 radical (unpaired) electrons. The van der Waals surface area contributed by atoms with E-state index in [0.717, 1.165) is 12.2 Å². The van der Waals surface area contributed by atoms with Crippen LogP contribution in [-0.2, 0) is 12.1 Å². The lowest BCUT2D eigenvalue weighted by atomic mass is 10.0. The molecule has 2 rings (SSSR count). The first-order valence-electron chi connectivity index (χ1n) is 6.31. The zero-order chi connectivity index (χ0) is 12.5. The summed E-state index contributed by atoms with van der Waals surface area (Å²) in [5.41, 5.74) is 7.02. The van der Waals surface area contributed by atoms with Crippen LogP contribution < -0.4 is 5.73 Å². The van der Waals surface area contributed by atoms with Crippen molar-refractivity contribution < 1.29 is 0 Å². The number of nitrogens with zero attached hydrogens (tertiary/aromatic N) is 2. The Bertz CT molecular complexity index is 372. The highest BCUT2D eigenvalue weighted by Gasteiger charge is 2.34. The summed E-state index contributed by atoms with van der Waals surface area (Å²) in [4.78, 5) is 4.27. The molecule has 1 fully saturated rings. The van der Waals surface area contributed by atoms with Crippen LogP contribution in [0.2, 0.25) is 0 Å². The van der Waals surface area contributed by atoms with Crippen LogP contribution in [0.3, 0.4) is 0 Å². The summed E-state index contributed by atoms with van der Waals surface area (Å²) in [6, 6.07) is 0. The molecule has 17 heavy (non-hydrogen) atoms. The van der Waals surface area contributed by atoms with E-state index in [1.165, 1.54) is 25.7 Å². The van der Waals surface area contributed by atoms with E-state index in [1.54, 1.807) is 0 Å².